The molecule has 2 N–H and O–H groups in total. The fourth-order valence-electron chi connectivity index (χ4n) is 1.64. The highest BCUT2D eigenvalue weighted by molar-refractivity contribution is 6.30. The summed E-state index contributed by atoms with van der Waals surface area (Å²) in [5.41, 5.74) is 2.09. The lowest BCUT2D eigenvalue weighted by Crippen LogP contribution is -2.24. The molecule has 0 aliphatic rings. The van der Waals surface area contributed by atoms with E-state index >= 15 is 0 Å². The molecule has 2 rings (SSSR count). The monoisotopic (exact) mass is 349 g/mol. The van der Waals surface area contributed by atoms with Gasteiger partial charge >= 0.3 is 0 Å². The highest BCUT2D eigenvalue weighted by Crippen LogP contribution is 2.21. The Morgan fingerprint density at radius 1 is 1.33 bits per heavy atom. The molecule has 0 radical (unpaired) electrons. The Bertz CT molecular complexity index is 777. The van der Waals surface area contributed by atoms with E-state index < -0.39 is 10.8 Å². The van der Waals surface area contributed by atoms with Crippen LogP contribution in [0.15, 0.2) is 47.6 Å². The number of benzene rings is 2. The van der Waals surface area contributed by atoms with Crippen LogP contribution in [-0.4, -0.2) is 28.8 Å². The standard InChI is InChI=1S/C15H12ClN3O5/c16-11-1-4-13(5-2-11)24-9-15(21)18-17-8-10-7-12(19(22)23)3-6-14(10)20/h1-8,20H,9H2,(H,18,21)/b17-8+. The number of aromatic hydroxyl groups is 1. The first-order valence-corrected chi connectivity index (χ1v) is 7.01. The Hall–Kier alpha value is -3.13. The summed E-state index contributed by atoms with van der Waals surface area (Å²) in [5, 5.41) is 24.4. The first-order chi connectivity index (χ1) is 11.5. The van der Waals surface area contributed by atoms with Crippen LogP contribution in [0.3, 0.4) is 0 Å². The number of hydrogen-bond acceptors (Lipinski definition) is 6. The number of hydrazone groups is 1. The zero-order valence-electron chi connectivity index (χ0n) is 12.2. The van der Waals surface area contributed by atoms with Crippen LogP contribution in [0, 0.1) is 10.1 Å². The van der Waals surface area contributed by atoms with Crippen LogP contribution in [0.5, 0.6) is 11.5 Å². The van der Waals surface area contributed by atoms with Crippen LogP contribution in [0.4, 0.5) is 5.69 Å². The van der Waals surface area contributed by atoms with Gasteiger partial charge in [-0.15, -0.1) is 0 Å². The first-order valence-electron chi connectivity index (χ1n) is 6.63. The minimum absolute atomic E-state index is 0.100. The largest absolute Gasteiger partial charge is 0.507 e. The molecule has 0 saturated carbocycles. The number of non-ortho nitro benzene ring substituents is 1. The Balaban J connectivity index is 1.89. The molecule has 0 spiro atoms. The Kier molecular flexibility index (Phi) is 5.69. The molecule has 24 heavy (non-hydrogen) atoms. The topological polar surface area (TPSA) is 114 Å². The molecular formula is C15H12ClN3O5. The molecule has 0 aliphatic carbocycles. The predicted octanol–water partition coefficient (Wildman–Crippen LogP) is 2.48. The number of ether oxygens (including phenoxy) is 1. The quantitative estimate of drug-likeness (QED) is 0.472. The fraction of sp³-hybridized carbons (Fsp3) is 0.0667. The van der Waals surface area contributed by atoms with Crippen molar-refractivity contribution in [3.05, 3.63) is 63.2 Å². The smallest absolute Gasteiger partial charge is 0.277 e. The molecule has 0 fully saturated rings. The van der Waals surface area contributed by atoms with Gasteiger partial charge in [0.25, 0.3) is 11.6 Å². The average Bonchev–Trinajstić information content (AvgIpc) is 2.56. The third-order valence-corrected chi connectivity index (χ3v) is 3.05. The van der Waals surface area contributed by atoms with Crippen molar-refractivity contribution in [3.63, 3.8) is 0 Å². The van der Waals surface area contributed by atoms with E-state index in [0.717, 1.165) is 18.3 Å². The second-order valence-electron chi connectivity index (χ2n) is 4.54. The van der Waals surface area contributed by atoms with Crippen molar-refractivity contribution in [2.45, 2.75) is 0 Å². The Morgan fingerprint density at radius 2 is 2.04 bits per heavy atom. The van der Waals surface area contributed by atoms with E-state index in [9.17, 15) is 20.0 Å². The number of phenols is 1. The molecule has 1 amide bonds. The van der Waals surface area contributed by atoms with E-state index in [2.05, 4.69) is 10.5 Å². The SMILES string of the molecule is O=C(COc1ccc(Cl)cc1)N/N=C/c1cc([N+](=O)[O-])ccc1O. The second-order valence-corrected chi connectivity index (χ2v) is 4.97. The molecule has 0 heterocycles. The number of nitro groups is 1. The number of carbonyl (C=O) groups is 1. The van der Waals surface area contributed by atoms with Crippen molar-refractivity contribution < 1.29 is 19.6 Å². The Morgan fingerprint density at radius 3 is 2.71 bits per heavy atom. The van der Waals surface area contributed by atoms with Crippen LogP contribution in [0.1, 0.15) is 5.56 Å². The van der Waals surface area contributed by atoms with Gasteiger partial charge < -0.3 is 9.84 Å². The van der Waals surface area contributed by atoms with Gasteiger partial charge in [-0.1, -0.05) is 11.6 Å². The maximum Gasteiger partial charge on any atom is 0.277 e. The zero-order chi connectivity index (χ0) is 17.5. The fourth-order valence-corrected chi connectivity index (χ4v) is 1.77. The third kappa shape index (κ3) is 4.96. The van der Waals surface area contributed by atoms with Crippen molar-refractivity contribution in [2.75, 3.05) is 6.61 Å². The van der Waals surface area contributed by atoms with Gasteiger partial charge in [-0.25, -0.2) is 5.43 Å². The molecule has 2 aromatic carbocycles. The van der Waals surface area contributed by atoms with E-state index in [1.165, 1.54) is 6.07 Å². The first kappa shape index (κ1) is 17.2. The second kappa shape index (κ2) is 7.93. The summed E-state index contributed by atoms with van der Waals surface area (Å²) < 4.78 is 5.22. The highest BCUT2D eigenvalue weighted by atomic mass is 35.5. The van der Waals surface area contributed by atoms with Gasteiger partial charge in [0.1, 0.15) is 11.5 Å². The number of rotatable bonds is 6. The predicted molar refractivity (Wildman–Crippen MR) is 87.4 cm³/mol. The van der Waals surface area contributed by atoms with Crippen molar-refractivity contribution in [1.29, 1.82) is 0 Å². The van der Waals surface area contributed by atoms with Crippen LogP contribution >= 0.6 is 11.6 Å². The summed E-state index contributed by atoms with van der Waals surface area (Å²) in [7, 11) is 0. The molecule has 0 saturated heterocycles. The van der Waals surface area contributed by atoms with Crippen LogP contribution in [-0.2, 0) is 4.79 Å². The normalized spacial score (nSPS) is 10.5. The van der Waals surface area contributed by atoms with E-state index in [1.54, 1.807) is 24.3 Å². The van der Waals surface area contributed by atoms with Crippen molar-refractivity contribution in [2.24, 2.45) is 5.10 Å². The lowest BCUT2D eigenvalue weighted by molar-refractivity contribution is -0.384. The summed E-state index contributed by atoms with van der Waals surface area (Å²) in [4.78, 5) is 21.7. The highest BCUT2D eigenvalue weighted by Gasteiger charge is 2.09. The maximum absolute atomic E-state index is 11.6. The summed E-state index contributed by atoms with van der Waals surface area (Å²) >= 11 is 5.73. The van der Waals surface area contributed by atoms with Crippen LogP contribution in [0.2, 0.25) is 5.02 Å². The van der Waals surface area contributed by atoms with E-state index in [0.29, 0.717) is 10.8 Å². The molecule has 0 unspecified atom stereocenters. The van der Waals surface area contributed by atoms with E-state index in [1.807, 2.05) is 0 Å². The molecule has 2 aromatic rings. The summed E-state index contributed by atoms with van der Waals surface area (Å²) in [6.07, 6.45) is 1.10. The summed E-state index contributed by atoms with van der Waals surface area (Å²) in [6.45, 7) is -0.278. The molecule has 0 bridgehead atoms. The number of carbonyl (C=O) groups excluding carboxylic acids is 1. The molecular weight excluding hydrogens is 338 g/mol. The van der Waals surface area contributed by atoms with Gasteiger partial charge in [0.05, 0.1) is 11.1 Å². The van der Waals surface area contributed by atoms with Gasteiger partial charge in [-0.05, 0) is 30.3 Å². The van der Waals surface area contributed by atoms with Crippen molar-refractivity contribution in [1.82, 2.24) is 5.43 Å². The average molecular weight is 350 g/mol. The van der Waals surface area contributed by atoms with E-state index in [4.69, 9.17) is 16.3 Å². The van der Waals surface area contributed by atoms with Gasteiger partial charge in [0.15, 0.2) is 6.61 Å². The Labute approximate surface area is 141 Å². The number of halogens is 1. The molecule has 0 aromatic heterocycles. The minimum Gasteiger partial charge on any atom is -0.507 e. The number of nitrogens with zero attached hydrogens (tertiary/aromatic N) is 2. The molecule has 9 heteroatoms. The lowest BCUT2D eigenvalue weighted by atomic mass is 10.2. The number of amides is 1. The maximum atomic E-state index is 11.6. The van der Waals surface area contributed by atoms with Crippen LogP contribution in [0.25, 0.3) is 0 Å². The zero-order valence-corrected chi connectivity index (χ0v) is 12.9. The van der Waals surface area contributed by atoms with E-state index in [-0.39, 0.29) is 23.6 Å². The number of hydrogen-bond donors (Lipinski definition) is 2. The molecule has 0 atom stereocenters. The van der Waals surface area contributed by atoms with Gasteiger partial charge in [-0.3, -0.25) is 14.9 Å². The number of phenolic OH excluding ortho intramolecular Hbond substituents is 1. The number of nitro benzene ring substituents is 1. The molecule has 124 valence electrons. The van der Waals surface area contributed by atoms with Gasteiger partial charge in [-0.2, -0.15) is 5.10 Å². The number of nitrogens with one attached hydrogen (secondary N) is 1. The molecule has 8 nitrogen and oxygen atoms in total. The third-order valence-electron chi connectivity index (χ3n) is 2.80. The lowest BCUT2D eigenvalue weighted by Gasteiger charge is -2.04. The van der Waals surface area contributed by atoms with Gasteiger partial charge in [0.2, 0.25) is 0 Å². The van der Waals surface area contributed by atoms with Crippen LogP contribution < -0.4 is 10.2 Å². The van der Waals surface area contributed by atoms with Crippen molar-refractivity contribution >= 4 is 29.4 Å². The van der Waals surface area contributed by atoms with Crippen molar-refractivity contribution in [3.8, 4) is 11.5 Å². The van der Waals surface area contributed by atoms with Gasteiger partial charge in [0, 0.05) is 22.7 Å². The summed E-state index contributed by atoms with van der Waals surface area (Å²) in [5.74, 6) is -0.267. The summed E-state index contributed by atoms with van der Waals surface area (Å²) in [6, 6.07) is 9.93. The molecule has 0 aliphatic heterocycles. The minimum atomic E-state index is -0.602.